The number of unbranched alkanes of at least 4 members (excludes halogenated alkanes) is 20. The zero-order chi connectivity index (χ0) is 63.6. The van der Waals surface area contributed by atoms with Crippen LogP contribution in [0.1, 0.15) is 165 Å². The number of rotatable bonds is 47. The van der Waals surface area contributed by atoms with Crippen molar-refractivity contribution in [2.75, 3.05) is 52.9 Å². The molecule has 0 unspecified atom stereocenters. The molecule has 0 saturated heterocycles. The fourth-order valence-corrected chi connectivity index (χ4v) is 11.0. The normalized spacial score (nSPS) is 10.9. The molecule has 0 saturated carbocycles. The van der Waals surface area contributed by atoms with E-state index >= 15 is 0 Å². The van der Waals surface area contributed by atoms with Gasteiger partial charge in [-0.3, -0.25) is 0 Å². The molecular weight excluding hydrogens is 1140 g/mol. The fourth-order valence-electron chi connectivity index (χ4n) is 11.0. The van der Waals surface area contributed by atoms with E-state index in [-0.39, 0.29) is 0 Å². The molecule has 92 heavy (non-hydrogen) atoms. The third kappa shape index (κ3) is 26.2. The highest BCUT2D eigenvalue weighted by molar-refractivity contribution is 5.67. The molecule has 0 aliphatic rings. The van der Waals surface area contributed by atoms with E-state index in [2.05, 4.69) is 84.9 Å². The summed E-state index contributed by atoms with van der Waals surface area (Å²) >= 11 is 0. The van der Waals surface area contributed by atoms with Crippen LogP contribution in [0.2, 0.25) is 0 Å². The van der Waals surface area contributed by atoms with Crippen LogP contribution >= 0.6 is 0 Å². The van der Waals surface area contributed by atoms with Crippen molar-refractivity contribution in [3.05, 3.63) is 205 Å². The van der Waals surface area contributed by atoms with Gasteiger partial charge in [0.2, 0.25) is 0 Å². The zero-order valence-electron chi connectivity index (χ0n) is 54.3. The second-order valence-corrected chi connectivity index (χ2v) is 23.6. The van der Waals surface area contributed by atoms with Gasteiger partial charge in [0.25, 0.3) is 0 Å². The number of hydrogen-bond donors (Lipinski definition) is 0. The summed E-state index contributed by atoms with van der Waals surface area (Å²) in [4.78, 5) is 0. The molecule has 8 aromatic rings. The van der Waals surface area contributed by atoms with Crippen LogP contribution in [0.25, 0.3) is 33.4 Å². The summed E-state index contributed by atoms with van der Waals surface area (Å²) in [5, 5.41) is 18.1. The second kappa shape index (κ2) is 42.2. The van der Waals surface area contributed by atoms with Gasteiger partial charge in [0, 0.05) is 0 Å². The smallest absolute Gasteiger partial charge is 0.161 e. The Morgan fingerprint density at radius 2 is 0.348 bits per heavy atom. The largest absolute Gasteiger partial charge is 0.494 e. The summed E-state index contributed by atoms with van der Waals surface area (Å²) in [6.07, 6.45) is 27.1. The van der Waals surface area contributed by atoms with Crippen LogP contribution in [0, 0.1) is 22.7 Å². The third-order valence-corrected chi connectivity index (χ3v) is 16.4. The Balaban J connectivity index is 0.556. The quantitative estimate of drug-likeness (QED) is 0.0341. The molecule has 0 spiro atoms. The van der Waals surface area contributed by atoms with E-state index in [1.807, 2.05) is 121 Å². The number of ether oxygens (including phenoxy) is 8. The van der Waals surface area contributed by atoms with Crippen LogP contribution in [0.3, 0.4) is 0 Å². The topological polar surface area (TPSA) is 121 Å². The molecule has 482 valence electrons. The number of benzene rings is 8. The molecule has 0 amide bonds. The highest BCUT2D eigenvalue weighted by Gasteiger charge is 2.09. The maximum Gasteiger partial charge on any atom is 0.161 e. The van der Waals surface area contributed by atoms with Gasteiger partial charge < -0.3 is 37.9 Å². The summed E-state index contributed by atoms with van der Waals surface area (Å²) in [6.45, 7) is 5.69. The van der Waals surface area contributed by atoms with Gasteiger partial charge >= 0.3 is 0 Å². The van der Waals surface area contributed by atoms with E-state index in [1.54, 1.807) is 0 Å². The SMILES string of the molecule is N#Cc1ccc(-c2ccc(OCCCCCCCCCOc3ccccc3OCCCCCCCOc3ccc(-c4ccc(OCCCCCCCOc5ccccc5OCCCCCCCCCOc5ccc(-c6ccc(C#N)cc6)cc5)cc4)cc3)cc2)cc1. The van der Waals surface area contributed by atoms with Crippen molar-refractivity contribution in [1.82, 2.24) is 0 Å². The average Bonchev–Trinajstić information content (AvgIpc) is 1.96. The van der Waals surface area contributed by atoms with Crippen molar-refractivity contribution in [3.8, 4) is 91.5 Å². The van der Waals surface area contributed by atoms with Crippen LogP contribution in [-0.2, 0) is 0 Å². The van der Waals surface area contributed by atoms with Gasteiger partial charge in [0.15, 0.2) is 23.0 Å². The van der Waals surface area contributed by atoms with Crippen molar-refractivity contribution in [2.45, 2.75) is 154 Å². The first kappa shape index (κ1) is 69.0. The predicted molar refractivity (Wildman–Crippen MR) is 373 cm³/mol. The Morgan fingerprint density at radius 3 is 0.533 bits per heavy atom. The molecule has 0 fully saturated rings. The van der Waals surface area contributed by atoms with Crippen LogP contribution < -0.4 is 37.9 Å². The van der Waals surface area contributed by atoms with Crippen LogP contribution in [-0.4, -0.2) is 52.9 Å². The summed E-state index contributed by atoms with van der Waals surface area (Å²) < 4.78 is 48.8. The molecule has 0 radical (unpaired) electrons. The Hall–Kier alpha value is -8.86. The van der Waals surface area contributed by atoms with Gasteiger partial charge in [0.05, 0.1) is 76.1 Å². The van der Waals surface area contributed by atoms with Crippen molar-refractivity contribution < 1.29 is 37.9 Å². The Labute approximate surface area is 549 Å². The molecule has 0 N–H and O–H groups in total. The average molecular weight is 1240 g/mol. The minimum Gasteiger partial charge on any atom is -0.494 e. The lowest BCUT2D eigenvalue weighted by Crippen LogP contribution is -2.03. The first-order valence-electron chi connectivity index (χ1n) is 34.2. The van der Waals surface area contributed by atoms with Gasteiger partial charge in [-0.15, -0.1) is 0 Å². The first-order chi connectivity index (χ1) is 45.6. The van der Waals surface area contributed by atoms with E-state index in [0.29, 0.717) is 50.8 Å². The fraction of sp³-hybridized carbons (Fsp3) is 0.390. The minimum absolute atomic E-state index is 0.671. The van der Waals surface area contributed by atoms with Crippen molar-refractivity contribution in [1.29, 1.82) is 10.5 Å². The first-order valence-corrected chi connectivity index (χ1v) is 34.2. The molecule has 10 nitrogen and oxygen atoms in total. The number of nitriles is 2. The van der Waals surface area contributed by atoms with E-state index in [0.717, 1.165) is 195 Å². The monoisotopic (exact) mass is 1240 g/mol. The highest BCUT2D eigenvalue weighted by atomic mass is 16.5. The number of nitrogens with zero attached hydrogens (tertiary/aromatic N) is 2. The van der Waals surface area contributed by atoms with Gasteiger partial charge in [-0.25, -0.2) is 0 Å². The van der Waals surface area contributed by atoms with E-state index in [4.69, 9.17) is 48.4 Å². The molecule has 8 aromatic carbocycles. The summed E-state index contributed by atoms with van der Waals surface area (Å²) in [5.74, 6) is 6.95. The molecular formula is C82H96N2O8. The highest BCUT2D eigenvalue weighted by Crippen LogP contribution is 2.31. The second-order valence-electron chi connectivity index (χ2n) is 23.6. The molecule has 0 aromatic heterocycles. The Kier molecular flexibility index (Phi) is 31.7. The summed E-state index contributed by atoms with van der Waals surface area (Å²) in [6, 6.07) is 68.9. The predicted octanol–water partition coefficient (Wildman–Crippen LogP) is 21.6. The van der Waals surface area contributed by atoms with Gasteiger partial charge in [-0.05, 0) is 182 Å². The third-order valence-electron chi connectivity index (χ3n) is 16.4. The molecule has 0 aliphatic carbocycles. The lowest BCUT2D eigenvalue weighted by atomic mass is 10.0. The van der Waals surface area contributed by atoms with Crippen LogP contribution in [0.15, 0.2) is 194 Å². The molecule has 8 rings (SSSR count). The van der Waals surface area contributed by atoms with Crippen LogP contribution in [0.4, 0.5) is 0 Å². The maximum atomic E-state index is 9.03. The molecule has 0 heterocycles. The van der Waals surface area contributed by atoms with Gasteiger partial charge in [-0.2, -0.15) is 10.5 Å². The maximum absolute atomic E-state index is 9.03. The molecule has 0 atom stereocenters. The van der Waals surface area contributed by atoms with Crippen molar-refractivity contribution in [2.24, 2.45) is 0 Å². The Bertz CT molecular complexity index is 3110. The van der Waals surface area contributed by atoms with Crippen molar-refractivity contribution >= 4 is 0 Å². The van der Waals surface area contributed by atoms with E-state index < -0.39 is 0 Å². The molecule has 0 aliphatic heterocycles. The summed E-state index contributed by atoms with van der Waals surface area (Å²) in [5.41, 5.74) is 8.09. The summed E-state index contributed by atoms with van der Waals surface area (Å²) in [7, 11) is 0. The zero-order valence-corrected chi connectivity index (χ0v) is 54.3. The van der Waals surface area contributed by atoms with E-state index in [9.17, 15) is 0 Å². The van der Waals surface area contributed by atoms with E-state index in [1.165, 1.54) is 51.4 Å². The molecule has 0 bridgehead atoms. The Morgan fingerprint density at radius 1 is 0.185 bits per heavy atom. The standard InChI is InChI=1S/C82H96N2O8/c83-65-67-33-37-69(38-34-67)71-41-49-75(50-42-71)85-57-21-9-3-1-5-11-25-61-89-79-29-17-19-31-81(79)91-63-27-15-7-13-23-59-87-77-53-45-73(46-54-77)74-47-55-78(56-48-74)88-60-24-14-8-16-28-64-92-82-32-20-18-30-80(82)90-62-26-12-6-2-4-10-22-58-86-76-51-43-72(44-52-76)70-39-35-68(66-84)36-40-70/h17-20,29-56H,1-16,21-28,57-64H2. The number of para-hydroxylation sites is 4. The minimum atomic E-state index is 0.671. The van der Waals surface area contributed by atoms with Crippen molar-refractivity contribution in [3.63, 3.8) is 0 Å². The molecule has 10 heteroatoms. The lowest BCUT2D eigenvalue weighted by Gasteiger charge is -2.13. The van der Waals surface area contributed by atoms with Crippen LogP contribution in [0.5, 0.6) is 46.0 Å². The lowest BCUT2D eigenvalue weighted by molar-refractivity contribution is 0.257. The number of hydrogen-bond acceptors (Lipinski definition) is 10. The van der Waals surface area contributed by atoms with Gasteiger partial charge in [-0.1, -0.05) is 200 Å². The van der Waals surface area contributed by atoms with Gasteiger partial charge in [0.1, 0.15) is 23.0 Å².